The van der Waals surface area contributed by atoms with E-state index in [2.05, 4.69) is 19.9 Å². The number of anilines is 1. The van der Waals surface area contributed by atoms with Gasteiger partial charge in [-0.1, -0.05) is 5.16 Å². The molecule has 5 nitrogen and oxygen atoms in total. The van der Waals surface area contributed by atoms with Crippen LogP contribution in [0.3, 0.4) is 0 Å². The van der Waals surface area contributed by atoms with Crippen molar-refractivity contribution < 1.29 is 8.91 Å². The highest BCUT2D eigenvalue weighted by Crippen LogP contribution is 2.22. The number of hydrogen-bond donors (Lipinski definition) is 0. The fourth-order valence-corrected chi connectivity index (χ4v) is 3.61. The Balaban J connectivity index is 1.24. The van der Waals surface area contributed by atoms with Crippen molar-refractivity contribution in [3.63, 3.8) is 0 Å². The number of hydrogen-bond acceptors (Lipinski definition) is 5. The Hall–Kier alpha value is -1.92. The third-order valence-electron chi connectivity index (χ3n) is 5.20. The standard InChI is InChI=1S/C18H23FN4O/c1-14-15(10-20-24-14)11-21-12-18(13-21)23-8-6-22(7-9-23)17-4-2-16(19)3-5-17/h2-5,10,18H,6-9,11-13H2,1H3. The van der Waals surface area contributed by atoms with E-state index in [-0.39, 0.29) is 5.82 Å². The first kappa shape index (κ1) is 15.6. The molecule has 2 aliphatic rings. The molecule has 0 unspecified atom stereocenters. The largest absolute Gasteiger partial charge is 0.369 e. The molecule has 0 amide bonds. The summed E-state index contributed by atoms with van der Waals surface area (Å²) in [6.07, 6.45) is 1.82. The average Bonchev–Trinajstić information content (AvgIpc) is 2.97. The molecule has 1 aromatic carbocycles. The van der Waals surface area contributed by atoms with Crippen LogP contribution in [-0.4, -0.2) is 60.3 Å². The van der Waals surface area contributed by atoms with Crippen LogP contribution in [0.1, 0.15) is 11.3 Å². The molecule has 0 N–H and O–H groups in total. The molecule has 24 heavy (non-hydrogen) atoms. The highest BCUT2D eigenvalue weighted by Gasteiger charge is 2.33. The Morgan fingerprint density at radius 1 is 1.12 bits per heavy atom. The summed E-state index contributed by atoms with van der Waals surface area (Å²) < 4.78 is 18.2. The van der Waals surface area contributed by atoms with Gasteiger partial charge in [0, 0.05) is 63.1 Å². The van der Waals surface area contributed by atoms with Crippen molar-refractivity contribution in [3.8, 4) is 0 Å². The van der Waals surface area contributed by atoms with Gasteiger partial charge < -0.3 is 9.42 Å². The van der Waals surface area contributed by atoms with Crippen LogP contribution in [0.2, 0.25) is 0 Å². The highest BCUT2D eigenvalue weighted by molar-refractivity contribution is 5.46. The lowest BCUT2D eigenvalue weighted by molar-refractivity contribution is 0.0254. The number of halogens is 1. The number of nitrogens with zero attached hydrogens (tertiary/aromatic N) is 4. The Morgan fingerprint density at radius 2 is 1.83 bits per heavy atom. The van der Waals surface area contributed by atoms with Crippen molar-refractivity contribution in [2.45, 2.75) is 19.5 Å². The summed E-state index contributed by atoms with van der Waals surface area (Å²) >= 11 is 0. The van der Waals surface area contributed by atoms with Gasteiger partial charge in [-0.3, -0.25) is 9.80 Å². The molecule has 2 fully saturated rings. The van der Waals surface area contributed by atoms with Crippen LogP contribution in [0.15, 0.2) is 35.0 Å². The number of likely N-dealkylation sites (tertiary alicyclic amines) is 1. The summed E-state index contributed by atoms with van der Waals surface area (Å²) in [7, 11) is 0. The zero-order valence-corrected chi connectivity index (χ0v) is 14.0. The molecule has 0 bridgehead atoms. The summed E-state index contributed by atoms with van der Waals surface area (Å²) in [6.45, 7) is 9.28. The molecule has 0 aliphatic carbocycles. The second kappa shape index (κ2) is 6.53. The molecular weight excluding hydrogens is 307 g/mol. The topological polar surface area (TPSA) is 35.8 Å². The van der Waals surface area contributed by atoms with E-state index < -0.39 is 0 Å². The molecule has 0 radical (unpaired) electrons. The normalized spacial score (nSPS) is 20.3. The Morgan fingerprint density at radius 3 is 2.46 bits per heavy atom. The Bertz CT molecular complexity index is 673. The quantitative estimate of drug-likeness (QED) is 0.858. The Labute approximate surface area is 141 Å². The third-order valence-corrected chi connectivity index (χ3v) is 5.20. The number of aryl methyl sites for hydroxylation is 1. The molecule has 0 spiro atoms. The van der Waals surface area contributed by atoms with Gasteiger partial charge in [0.15, 0.2) is 0 Å². The highest BCUT2D eigenvalue weighted by atomic mass is 19.1. The van der Waals surface area contributed by atoms with Gasteiger partial charge in [-0.2, -0.15) is 0 Å². The first-order chi connectivity index (χ1) is 11.7. The van der Waals surface area contributed by atoms with E-state index in [9.17, 15) is 4.39 Å². The predicted octanol–water partition coefficient (Wildman–Crippen LogP) is 2.13. The van der Waals surface area contributed by atoms with Gasteiger partial charge in [-0.25, -0.2) is 4.39 Å². The summed E-state index contributed by atoms with van der Waals surface area (Å²) in [5.41, 5.74) is 2.31. The minimum atomic E-state index is -0.171. The van der Waals surface area contributed by atoms with E-state index in [4.69, 9.17) is 4.52 Å². The van der Waals surface area contributed by atoms with Crippen LogP contribution in [-0.2, 0) is 6.54 Å². The summed E-state index contributed by atoms with van der Waals surface area (Å²) in [5.74, 6) is 0.751. The molecular formula is C18H23FN4O. The first-order valence-corrected chi connectivity index (χ1v) is 8.56. The van der Waals surface area contributed by atoms with E-state index >= 15 is 0 Å². The second-order valence-electron chi connectivity index (χ2n) is 6.75. The monoisotopic (exact) mass is 330 g/mol. The van der Waals surface area contributed by atoms with Crippen molar-refractivity contribution in [1.29, 1.82) is 0 Å². The van der Waals surface area contributed by atoms with E-state index in [0.717, 1.165) is 57.3 Å². The van der Waals surface area contributed by atoms with Crippen LogP contribution in [0.4, 0.5) is 10.1 Å². The van der Waals surface area contributed by atoms with Crippen molar-refractivity contribution in [2.75, 3.05) is 44.2 Å². The number of piperazine rings is 1. The summed E-state index contributed by atoms with van der Waals surface area (Å²) in [5, 5.41) is 3.84. The van der Waals surface area contributed by atoms with Crippen LogP contribution in [0.5, 0.6) is 0 Å². The molecule has 2 aromatic rings. The minimum Gasteiger partial charge on any atom is -0.369 e. The van der Waals surface area contributed by atoms with Gasteiger partial charge in [0.25, 0.3) is 0 Å². The summed E-state index contributed by atoms with van der Waals surface area (Å²) in [4.78, 5) is 7.36. The molecule has 4 rings (SSSR count). The molecule has 0 atom stereocenters. The van der Waals surface area contributed by atoms with E-state index in [0.29, 0.717) is 6.04 Å². The van der Waals surface area contributed by atoms with Crippen molar-refractivity contribution >= 4 is 5.69 Å². The van der Waals surface area contributed by atoms with Crippen molar-refractivity contribution in [1.82, 2.24) is 15.0 Å². The summed E-state index contributed by atoms with van der Waals surface area (Å²) in [6, 6.07) is 7.48. The van der Waals surface area contributed by atoms with Crippen LogP contribution in [0, 0.1) is 12.7 Å². The first-order valence-electron chi connectivity index (χ1n) is 8.56. The lowest BCUT2D eigenvalue weighted by Gasteiger charge is -2.48. The lowest BCUT2D eigenvalue weighted by atomic mass is 10.0. The van der Waals surface area contributed by atoms with Crippen molar-refractivity contribution in [2.24, 2.45) is 0 Å². The van der Waals surface area contributed by atoms with Crippen molar-refractivity contribution in [3.05, 3.63) is 47.6 Å². The van der Waals surface area contributed by atoms with Crippen LogP contribution >= 0.6 is 0 Å². The molecule has 6 heteroatoms. The predicted molar refractivity (Wildman–Crippen MR) is 90.5 cm³/mol. The fourth-order valence-electron chi connectivity index (χ4n) is 3.61. The molecule has 3 heterocycles. The third kappa shape index (κ3) is 3.16. The van der Waals surface area contributed by atoms with Crippen LogP contribution in [0.25, 0.3) is 0 Å². The fraction of sp³-hybridized carbons (Fsp3) is 0.500. The molecule has 0 saturated carbocycles. The van der Waals surface area contributed by atoms with Gasteiger partial charge in [0.05, 0.1) is 6.20 Å². The molecule has 2 aliphatic heterocycles. The lowest BCUT2D eigenvalue weighted by Crippen LogP contribution is -2.62. The number of aromatic nitrogens is 1. The van der Waals surface area contributed by atoms with Gasteiger partial charge in [0.2, 0.25) is 0 Å². The van der Waals surface area contributed by atoms with Gasteiger partial charge in [0.1, 0.15) is 11.6 Å². The zero-order valence-electron chi connectivity index (χ0n) is 14.0. The molecule has 1 aromatic heterocycles. The van der Waals surface area contributed by atoms with Gasteiger partial charge in [-0.15, -0.1) is 0 Å². The van der Waals surface area contributed by atoms with E-state index in [1.807, 2.05) is 25.3 Å². The number of rotatable bonds is 4. The SMILES string of the molecule is Cc1oncc1CN1CC(N2CCN(c3ccc(F)cc3)CC2)C1. The van der Waals surface area contributed by atoms with Gasteiger partial charge in [-0.05, 0) is 31.2 Å². The van der Waals surface area contributed by atoms with Crippen LogP contribution < -0.4 is 4.90 Å². The molecule has 128 valence electrons. The molecule has 2 saturated heterocycles. The average molecular weight is 330 g/mol. The Kier molecular flexibility index (Phi) is 4.24. The maximum Gasteiger partial charge on any atom is 0.138 e. The van der Waals surface area contributed by atoms with E-state index in [1.54, 1.807) is 0 Å². The maximum atomic E-state index is 13.0. The van der Waals surface area contributed by atoms with E-state index in [1.165, 1.54) is 17.7 Å². The number of benzene rings is 1. The smallest absolute Gasteiger partial charge is 0.138 e. The zero-order chi connectivity index (χ0) is 16.5. The second-order valence-corrected chi connectivity index (χ2v) is 6.75. The van der Waals surface area contributed by atoms with Gasteiger partial charge >= 0.3 is 0 Å². The maximum absolute atomic E-state index is 13.0. The minimum absolute atomic E-state index is 0.171.